The van der Waals surface area contributed by atoms with E-state index < -0.39 is 0 Å². The molecule has 0 saturated carbocycles. The molecule has 0 aliphatic rings. The number of methoxy groups -OCH3 is 1. The van der Waals surface area contributed by atoms with Gasteiger partial charge in [-0.25, -0.2) is 4.42 Å². The average molecular weight is 283 g/mol. The monoisotopic (exact) mass is 283 g/mol. The molecule has 3 aromatic rings. The van der Waals surface area contributed by atoms with Gasteiger partial charge in [0.15, 0.2) is 0 Å². The molecule has 0 fully saturated rings. The number of aryl methyl sites for hydroxylation is 1. The molecule has 0 radical (unpaired) electrons. The molecular weight excluding hydrogens is 268 g/mol. The highest BCUT2D eigenvalue weighted by molar-refractivity contribution is 5.89. The largest absolute Gasteiger partial charge is 0.507 e. The molecule has 106 valence electrons. The number of phenols is 2. The van der Waals surface area contributed by atoms with Gasteiger partial charge < -0.3 is 14.9 Å². The molecule has 0 saturated heterocycles. The fourth-order valence-corrected chi connectivity index (χ4v) is 2.46. The van der Waals surface area contributed by atoms with Crippen molar-refractivity contribution in [2.24, 2.45) is 0 Å². The lowest BCUT2D eigenvalue weighted by molar-refractivity contribution is 0.415. The molecule has 1 heterocycles. The fourth-order valence-electron chi connectivity index (χ4n) is 2.46. The number of hydrogen-bond acceptors (Lipinski definition) is 3. The number of hydrogen-bond donors (Lipinski definition) is 2. The minimum absolute atomic E-state index is 0.00201. The summed E-state index contributed by atoms with van der Waals surface area (Å²) >= 11 is 0. The third-order valence-corrected chi connectivity index (χ3v) is 3.40. The minimum Gasteiger partial charge on any atom is -0.507 e. The first-order valence-corrected chi connectivity index (χ1v) is 6.53. The molecule has 2 aromatic carbocycles. The number of benzene rings is 2. The second-order valence-corrected chi connectivity index (χ2v) is 4.83. The van der Waals surface area contributed by atoms with E-state index in [1.54, 1.807) is 7.11 Å². The van der Waals surface area contributed by atoms with Gasteiger partial charge in [-0.15, -0.1) is 0 Å². The number of ether oxygens (including phenoxy) is 1. The lowest BCUT2D eigenvalue weighted by atomic mass is 10.1. The molecule has 0 amide bonds. The lowest BCUT2D eigenvalue weighted by Gasteiger charge is -2.04. The van der Waals surface area contributed by atoms with Crippen LogP contribution in [0.1, 0.15) is 5.56 Å². The molecule has 0 spiro atoms. The number of rotatable bonds is 2. The van der Waals surface area contributed by atoms with Gasteiger partial charge in [0.1, 0.15) is 28.2 Å². The Labute approximate surface area is 121 Å². The molecule has 21 heavy (non-hydrogen) atoms. The maximum absolute atomic E-state index is 9.95. The van der Waals surface area contributed by atoms with E-state index in [9.17, 15) is 10.2 Å². The SMILES string of the molecule is COc1ccccc1-c1cc(C)c2c(O)cc(O)cc2[o+]1. The van der Waals surface area contributed by atoms with Crippen molar-refractivity contribution in [1.82, 2.24) is 0 Å². The molecule has 0 unspecified atom stereocenters. The van der Waals surface area contributed by atoms with Crippen LogP contribution >= 0.6 is 0 Å². The molecule has 3 rings (SSSR count). The van der Waals surface area contributed by atoms with Crippen molar-refractivity contribution < 1.29 is 19.4 Å². The smallest absolute Gasteiger partial charge is 0.368 e. The van der Waals surface area contributed by atoms with Crippen LogP contribution in [0.3, 0.4) is 0 Å². The van der Waals surface area contributed by atoms with Gasteiger partial charge in [-0.2, -0.15) is 0 Å². The first-order chi connectivity index (χ1) is 10.1. The molecule has 0 aliphatic carbocycles. The Hall–Kier alpha value is -2.75. The van der Waals surface area contributed by atoms with Crippen molar-refractivity contribution >= 4 is 11.0 Å². The summed E-state index contributed by atoms with van der Waals surface area (Å²) in [6.45, 7) is 1.88. The van der Waals surface area contributed by atoms with Gasteiger partial charge in [-0.1, -0.05) is 12.1 Å². The Morgan fingerprint density at radius 2 is 1.81 bits per heavy atom. The fraction of sp³-hybridized carbons (Fsp3) is 0.118. The van der Waals surface area contributed by atoms with Crippen LogP contribution in [-0.4, -0.2) is 17.3 Å². The van der Waals surface area contributed by atoms with Crippen LogP contribution < -0.4 is 4.74 Å². The Morgan fingerprint density at radius 1 is 1.05 bits per heavy atom. The number of para-hydroxylation sites is 1. The maximum Gasteiger partial charge on any atom is 0.368 e. The van der Waals surface area contributed by atoms with Crippen LogP contribution in [0, 0.1) is 6.92 Å². The zero-order chi connectivity index (χ0) is 15.0. The van der Waals surface area contributed by atoms with E-state index in [0.29, 0.717) is 22.5 Å². The third kappa shape index (κ3) is 2.25. The molecule has 2 N–H and O–H groups in total. The van der Waals surface area contributed by atoms with Crippen LogP contribution in [0.15, 0.2) is 46.9 Å². The molecule has 0 aliphatic heterocycles. The van der Waals surface area contributed by atoms with Gasteiger partial charge in [0.25, 0.3) is 0 Å². The zero-order valence-electron chi connectivity index (χ0n) is 11.8. The highest BCUT2D eigenvalue weighted by atomic mass is 16.5. The summed E-state index contributed by atoms with van der Waals surface area (Å²) in [7, 11) is 1.60. The molecule has 0 atom stereocenters. The molecular formula is C17H15O4+. The van der Waals surface area contributed by atoms with Crippen LogP contribution in [0.25, 0.3) is 22.3 Å². The summed E-state index contributed by atoms with van der Waals surface area (Å²) in [5.41, 5.74) is 2.09. The Morgan fingerprint density at radius 3 is 2.57 bits per heavy atom. The average Bonchev–Trinajstić information content (AvgIpc) is 2.45. The molecule has 4 heteroatoms. The first kappa shape index (κ1) is 13.2. The topological polar surface area (TPSA) is 61.0 Å². The maximum atomic E-state index is 9.95. The van der Waals surface area contributed by atoms with Crippen molar-refractivity contribution in [3.63, 3.8) is 0 Å². The van der Waals surface area contributed by atoms with E-state index in [-0.39, 0.29) is 11.5 Å². The van der Waals surface area contributed by atoms with Gasteiger partial charge in [-0.3, -0.25) is 0 Å². The molecule has 1 aromatic heterocycles. The normalized spacial score (nSPS) is 10.8. The van der Waals surface area contributed by atoms with Crippen LogP contribution in [0.5, 0.6) is 17.2 Å². The number of fused-ring (bicyclic) bond motifs is 1. The van der Waals surface area contributed by atoms with Crippen LogP contribution in [0.2, 0.25) is 0 Å². The van der Waals surface area contributed by atoms with Crippen molar-refractivity contribution in [2.45, 2.75) is 6.92 Å². The van der Waals surface area contributed by atoms with E-state index >= 15 is 0 Å². The minimum atomic E-state index is -0.0414. The van der Waals surface area contributed by atoms with Gasteiger partial charge in [-0.05, 0) is 24.6 Å². The second-order valence-electron chi connectivity index (χ2n) is 4.83. The molecule has 4 nitrogen and oxygen atoms in total. The van der Waals surface area contributed by atoms with Crippen molar-refractivity contribution in [3.8, 4) is 28.6 Å². The molecule has 0 bridgehead atoms. The van der Waals surface area contributed by atoms with Crippen LogP contribution in [0.4, 0.5) is 0 Å². The van der Waals surface area contributed by atoms with Crippen molar-refractivity contribution in [1.29, 1.82) is 0 Å². The van der Waals surface area contributed by atoms with Gasteiger partial charge in [0, 0.05) is 12.1 Å². The Balaban J connectivity index is 2.30. The van der Waals surface area contributed by atoms with E-state index in [2.05, 4.69) is 0 Å². The zero-order valence-corrected chi connectivity index (χ0v) is 11.8. The van der Waals surface area contributed by atoms with E-state index in [1.165, 1.54) is 12.1 Å². The highest BCUT2D eigenvalue weighted by Crippen LogP contribution is 2.37. The highest BCUT2D eigenvalue weighted by Gasteiger charge is 2.23. The first-order valence-electron chi connectivity index (χ1n) is 6.53. The van der Waals surface area contributed by atoms with Crippen molar-refractivity contribution in [2.75, 3.05) is 7.11 Å². The second kappa shape index (κ2) is 4.98. The van der Waals surface area contributed by atoms with Gasteiger partial charge in [0.2, 0.25) is 0 Å². The van der Waals surface area contributed by atoms with E-state index in [1.807, 2.05) is 37.3 Å². The Kier molecular flexibility index (Phi) is 3.14. The van der Waals surface area contributed by atoms with E-state index in [4.69, 9.17) is 9.15 Å². The summed E-state index contributed by atoms with van der Waals surface area (Å²) < 4.78 is 11.2. The van der Waals surface area contributed by atoms with Gasteiger partial charge >= 0.3 is 11.3 Å². The summed E-state index contributed by atoms with van der Waals surface area (Å²) in [4.78, 5) is 0. The van der Waals surface area contributed by atoms with E-state index in [0.717, 1.165) is 11.1 Å². The number of phenolic OH excluding ortho intramolecular Hbond substituents is 2. The Bertz CT molecular complexity index is 824. The van der Waals surface area contributed by atoms with Gasteiger partial charge in [0.05, 0.1) is 13.2 Å². The van der Waals surface area contributed by atoms with Crippen LogP contribution in [-0.2, 0) is 0 Å². The summed E-state index contributed by atoms with van der Waals surface area (Å²) in [5, 5.41) is 20.2. The summed E-state index contributed by atoms with van der Waals surface area (Å²) in [6.07, 6.45) is 0. The quantitative estimate of drug-likeness (QED) is 0.695. The summed E-state index contributed by atoms with van der Waals surface area (Å²) in [6, 6.07) is 12.2. The predicted octanol–water partition coefficient (Wildman–Crippen LogP) is 4.11. The standard InChI is InChI=1S/C17H14O4/c1-10-7-15(12-5-3-4-6-14(12)20-2)21-16-9-11(18)8-13(19)17(10)16/h3-9H,1-2H3,(H-,18,19)/p+1. The number of aromatic hydroxyl groups is 2. The third-order valence-electron chi connectivity index (χ3n) is 3.40. The lowest BCUT2D eigenvalue weighted by Crippen LogP contribution is -1.89. The summed E-state index contributed by atoms with van der Waals surface area (Å²) in [5.74, 6) is 1.27. The van der Waals surface area contributed by atoms with Crippen molar-refractivity contribution in [3.05, 3.63) is 48.0 Å². The predicted molar refractivity (Wildman–Crippen MR) is 80.7 cm³/mol.